The van der Waals surface area contributed by atoms with Gasteiger partial charge in [0.1, 0.15) is 0 Å². The molecular formula is C12H16ClN. The van der Waals surface area contributed by atoms with Gasteiger partial charge < -0.3 is 5.73 Å². The average Bonchev–Trinajstić information content (AvgIpc) is 2.86. The van der Waals surface area contributed by atoms with Gasteiger partial charge in [0.15, 0.2) is 0 Å². The zero-order chi connectivity index (χ0) is 10.1. The SMILES string of the molecule is Cc1cc(Cl)cc(C(N)CC2CC2)c1. The predicted molar refractivity (Wildman–Crippen MR) is 60.5 cm³/mol. The van der Waals surface area contributed by atoms with Gasteiger partial charge >= 0.3 is 0 Å². The molecule has 0 aliphatic heterocycles. The molecular weight excluding hydrogens is 194 g/mol. The number of nitrogens with two attached hydrogens (primary N) is 1. The summed E-state index contributed by atoms with van der Waals surface area (Å²) in [4.78, 5) is 0. The summed E-state index contributed by atoms with van der Waals surface area (Å²) in [5.41, 5.74) is 8.49. The second-order valence-electron chi connectivity index (χ2n) is 4.35. The molecule has 1 aromatic rings. The number of hydrogen-bond donors (Lipinski definition) is 1. The van der Waals surface area contributed by atoms with Crippen LogP contribution >= 0.6 is 11.6 Å². The van der Waals surface area contributed by atoms with Gasteiger partial charge in [-0.2, -0.15) is 0 Å². The summed E-state index contributed by atoms with van der Waals surface area (Å²) in [5.74, 6) is 0.865. The van der Waals surface area contributed by atoms with Crippen LogP contribution in [-0.2, 0) is 0 Å². The fourth-order valence-electron chi connectivity index (χ4n) is 1.83. The van der Waals surface area contributed by atoms with Crippen molar-refractivity contribution in [3.8, 4) is 0 Å². The van der Waals surface area contributed by atoms with Crippen LogP contribution < -0.4 is 5.73 Å². The van der Waals surface area contributed by atoms with Crippen LogP contribution in [0, 0.1) is 12.8 Å². The fraction of sp³-hybridized carbons (Fsp3) is 0.500. The van der Waals surface area contributed by atoms with Gasteiger partial charge in [0.05, 0.1) is 0 Å². The second-order valence-corrected chi connectivity index (χ2v) is 4.78. The number of halogens is 1. The van der Waals surface area contributed by atoms with E-state index in [1.165, 1.54) is 24.0 Å². The molecule has 1 fully saturated rings. The molecule has 1 aliphatic rings. The highest BCUT2D eigenvalue weighted by Crippen LogP contribution is 2.37. The molecule has 1 atom stereocenters. The maximum atomic E-state index is 6.12. The first-order chi connectivity index (χ1) is 6.65. The fourth-order valence-corrected chi connectivity index (χ4v) is 2.13. The molecule has 14 heavy (non-hydrogen) atoms. The third-order valence-electron chi connectivity index (χ3n) is 2.78. The van der Waals surface area contributed by atoms with Gasteiger partial charge in [-0.1, -0.05) is 30.5 Å². The van der Waals surface area contributed by atoms with E-state index in [1.807, 2.05) is 12.1 Å². The Kier molecular flexibility index (Phi) is 2.80. The van der Waals surface area contributed by atoms with Crippen LogP contribution in [0.5, 0.6) is 0 Å². The standard InChI is InChI=1S/C12H16ClN/c1-8-4-10(7-11(13)5-8)12(14)6-9-2-3-9/h4-5,7,9,12H,2-3,6,14H2,1H3. The summed E-state index contributed by atoms with van der Waals surface area (Å²) in [6, 6.07) is 6.26. The van der Waals surface area contributed by atoms with Crippen molar-refractivity contribution < 1.29 is 0 Å². The van der Waals surface area contributed by atoms with E-state index in [0.717, 1.165) is 17.4 Å². The highest BCUT2D eigenvalue weighted by molar-refractivity contribution is 6.30. The van der Waals surface area contributed by atoms with Crippen molar-refractivity contribution in [2.75, 3.05) is 0 Å². The number of hydrogen-bond acceptors (Lipinski definition) is 1. The topological polar surface area (TPSA) is 26.0 Å². The Morgan fingerprint density at radius 1 is 1.43 bits per heavy atom. The van der Waals surface area contributed by atoms with Gasteiger partial charge in [0.25, 0.3) is 0 Å². The quantitative estimate of drug-likeness (QED) is 0.811. The number of rotatable bonds is 3. The zero-order valence-electron chi connectivity index (χ0n) is 8.46. The van der Waals surface area contributed by atoms with E-state index in [2.05, 4.69) is 13.0 Å². The summed E-state index contributed by atoms with van der Waals surface area (Å²) in [6.45, 7) is 2.05. The molecule has 1 saturated carbocycles. The molecule has 1 aliphatic carbocycles. The van der Waals surface area contributed by atoms with E-state index in [1.54, 1.807) is 0 Å². The van der Waals surface area contributed by atoms with Crippen molar-refractivity contribution >= 4 is 11.6 Å². The summed E-state index contributed by atoms with van der Waals surface area (Å²) >= 11 is 5.99. The molecule has 0 amide bonds. The van der Waals surface area contributed by atoms with E-state index in [9.17, 15) is 0 Å². The van der Waals surface area contributed by atoms with Gasteiger partial charge in [0.2, 0.25) is 0 Å². The molecule has 0 radical (unpaired) electrons. The van der Waals surface area contributed by atoms with Gasteiger partial charge in [-0.25, -0.2) is 0 Å². The predicted octanol–water partition coefficient (Wildman–Crippen LogP) is 3.45. The van der Waals surface area contributed by atoms with Crippen molar-refractivity contribution in [1.82, 2.24) is 0 Å². The molecule has 2 rings (SSSR count). The van der Waals surface area contributed by atoms with Crippen molar-refractivity contribution in [1.29, 1.82) is 0 Å². The molecule has 1 nitrogen and oxygen atoms in total. The summed E-state index contributed by atoms with van der Waals surface area (Å²) in [6.07, 6.45) is 3.82. The first-order valence-electron chi connectivity index (χ1n) is 5.18. The first kappa shape index (κ1) is 10.0. The van der Waals surface area contributed by atoms with Gasteiger partial charge in [-0.3, -0.25) is 0 Å². The van der Waals surface area contributed by atoms with Gasteiger partial charge in [-0.15, -0.1) is 0 Å². The summed E-state index contributed by atoms with van der Waals surface area (Å²) < 4.78 is 0. The lowest BCUT2D eigenvalue weighted by Gasteiger charge is -2.12. The van der Waals surface area contributed by atoms with Crippen molar-refractivity contribution in [2.45, 2.75) is 32.2 Å². The normalized spacial score (nSPS) is 18.2. The minimum atomic E-state index is 0.167. The van der Waals surface area contributed by atoms with Crippen LogP contribution in [0.4, 0.5) is 0 Å². The van der Waals surface area contributed by atoms with Crippen molar-refractivity contribution in [3.63, 3.8) is 0 Å². The summed E-state index contributed by atoms with van der Waals surface area (Å²) in [7, 11) is 0. The van der Waals surface area contributed by atoms with E-state index in [0.29, 0.717) is 0 Å². The highest BCUT2D eigenvalue weighted by atomic mass is 35.5. The minimum absolute atomic E-state index is 0.167. The van der Waals surface area contributed by atoms with Crippen LogP contribution in [0.1, 0.15) is 36.4 Å². The average molecular weight is 210 g/mol. The zero-order valence-corrected chi connectivity index (χ0v) is 9.22. The Labute approximate surface area is 90.3 Å². The lowest BCUT2D eigenvalue weighted by Crippen LogP contribution is -2.11. The molecule has 1 aromatic carbocycles. The van der Waals surface area contributed by atoms with Crippen LogP contribution in [0.25, 0.3) is 0 Å². The van der Waals surface area contributed by atoms with E-state index in [-0.39, 0.29) is 6.04 Å². The Bertz CT molecular complexity index is 311. The molecule has 2 N–H and O–H groups in total. The molecule has 0 heterocycles. The van der Waals surface area contributed by atoms with E-state index in [4.69, 9.17) is 17.3 Å². The number of benzene rings is 1. The molecule has 0 spiro atoms. The van der Waals surface area contributed by atoms with Gasteiger partial charge in [-0.05, 0) is 42.5 Å². The molecule has 0 aromatic heterocycles. The summed E-state index contributed by atoms with van der Waals surface area (Å²) in [5, 5.41) is 0.797. The van der Waals surface area contributed by atoms with Crippen LogP contribution in [0.15, 0.2) is 18.2 Å². The van der Waals surface area contributed by atoms with E-state index < -0.39 is 0 Å². The third-order valence-corrected chi connectivity index (χ3v) is 3.00. The van der Waals surface area contributed by atoms with Crippen LogP contribution in [0.2, 0.25) is 5.02 Å². The highest BCUT2D eigenvalue weighted by Gasteiger charge is 2.24. The van der Waals surface area contributed by atoms with Crippen molar-refractivity contribution in [2.24, 2.45) is 11.7 Å². The lowest BCUT2D eigenvalue weighted by molar-refractivity contribution is 0.597. The van der Waals surface area contributed by atoms with Crippen LogP contribution in [0.3, 0.4) is 0 Å². The maximum Gasteiger partial charge on any atom is 0.0411 e. The Hall–Kier alpha value is -0.530. The molecule has 76 valence electrons. The first-order valence-corrected chi connectivity index (χ1v) is 5.55. The van der Waals surface area contributed by atoms with E-state index >= 15 is 0 Å². The largest absolute Gasteiger partial charge is 0.324 e. The third kappa shape index (κ3) is 2.49. The minimum Gasteiger partial charge on any atom is -0.324 e. The Morgan fingerprint density at radius 2 is 2.14 bits per heavy atom. The molecule has 2 heteroatoms. The van der Waals surface area contributed by atoms with Crippen LogP contribution in [-0.4, -0.2) is 0 Å². The van der Waals surface area contributed by atoms with Gasteiger partial charge in [0, 0.05) is 11.1 Å². The molecule has 0 bridgehead atoms. The molecule has 0 saturated heterocycles. The number of aryl methyl sites for hydroxylation is 1. The van der Waals surface area contributed by atoms with Crippen molar-refractivity contribution in [3.05, 3.63) is 34.3 Å². The monoisotopic (exact) mass is 209 g/mol. The second kappa shape index (κ2) is 3.92. The lowest BCUT2D eigenvalue weighted by atomic mass is 10.0. The Balaban J connectivity index is 2.12. The Morgan fingerprint density at radius 3 is 2.71 bits per heavy atom. The smallest absolute Gasteiger partial charge is 0.0411 e. The maximum absolute atomic E-state index is 6.12. The molecule has 1 unspecified atom stereocenters.